The summed E-state index contributed by atoms with van der Waals surface area (Å²) in [5.74, 6) is 1.48. The van der Waals surface area contributed by atoms with Crippen LogP contribution in [0.3, 0.4) is 0 Å². The minimum absolute atomic E-state index is 0.0855. The third-order valence-electron chi connectivity index (χ3n) is 5.07. The Morgan fingerprint density at radius 1 is 1.24 bits per heavy atom. The number of benzene rings is 1. The number of aryl methyl sites for hydroxylation is 1. The summed E-state index contributed by atoms with van der Waals surface area (Å²) in [6, 6.07) is 9.34. The van der Waals surface area contributed by atoms with Gasteiger partial charge in [0.1, 0.15) is 11.6 Å². The maximum absolute atomic E-state index is 12.7. The molecule has 0 saturated carbocycles. The van der Waals surface area contributed by atoms with Gasteiger partial charge in [-0.3, -0.25) is 4.79 Å². The largest absolute Gasteiger partial charge is 0.454 e. The van der Waals surface area contributed by atoms with E-state index in [0.29, 0.717) is 17.4 Å². The van der Waals surface area contributed by atoms with Crippen LogP contribution in [0.25, 0.3) is 6.08 Å². The van der Waals surface area contributed by atoms with E-state index in [9.17, 15) is 10.1 Å². The Bertz CT molecular complexity index is 996. The Balaban J connectivity index is 1.78. The third-order valence-corrected chi connectivity index (χ3v) is 5.07. The minimum Gasteiger partial charge on any atom is -0.454 e. The number of hydrogen-bond donors (Lipinski definition) is 1. The smallest absolute Gasteiger partial charge is 0.262 e. The summed E-state index contributed by atoms with van der Waals surface area (Å²) in [5.41, 5.74) is 4.04. The van der Waals surface area contributed by atoms with Crippen molar-refractivity contribution in [2.24, 2.45) is 5.92 Å². The van der Waals surface area contributed by atoms with Crippen molar-refractivity contribution in [3.8, 4) is 17.6 Å². The van der Waals surface area contributed by atoms with Crippen LogP contribution in [0.1, 0.15) is 49.3 Å². The third kappa shape index (κ3) is 4.45. The van der Waals surface area contributed by atoms with Crippen LogP contribution in [0.2, 0.25) is 0 Å². The predicted octanol–water partition coefficient (Wildman–Crippen LogP) is 4.27. The Labute approximate surface area is 171 Å². The standard InChI is InChI=1S/C23H27N3O3/c1-14(2)12-26-15(3)8-19(17(26)5)9-20(11-24)23(27)25-16(4)18-6-7-21-22(10-18)29-13-28-21/h6-10,14,16H,12-13H2,1-5H3,(H,25,27)/b20-9+. The molecule has 1 aromatic heterocycles. The highest BCUT2D eigenvalue weighted by atomic mass is 16.7. The van der Waals surface area contributed by atoms with Gasteiger partial charge in [-0.05, 0) is 62.1 Å². The van der Waals surface area contributed by atoms with Crippen LogP contribution in [0.4, 0.5) is 0 Å². The summed E-state index contributed by atoms with van der Waals surface area (Å²) < 4.78 is 12.9. The first-order valence-corrected chi connectivity index (χ1v) is 9.79. The normalized spacial score (nSPS) is 14.0. The van der Waals surface area contributed by atoms with Crippen molar-refractivity contribution in [1.29, 1.82) is 5.26 Å². The summed E-state index contributed by atoms with van der Waals surface area (Å²) >= 11 is 0. The van der Waals surface area contributed by atoms with Crippen LogP contribution < -0.4 is 14.8 Å². The van der Waals surface area contributed by atoms with Gasteiger partial charge >= 0.3 is 0 Å². The summed E-state index contributed by atoms with van der Waals surface area (Å²) in [6.45, 7) is 11.4. The van der Waals surface area contributed by atoms with E-state index in [0.717, 1.165) is 29.1 Å². The van der Waals surface area contributed by atoms with Gasteiger partial charge in [-0.15, -0.1) is 0 Å². The van der Waals surface area contributed by atoms with Gasteiger partial charge in [-0.1, -0.05) is 19.9 Å². The molecule has 1 atom stereocenters. The molecule has 1 amide bonds. The molecule has 0 bridgehead atoms. The quantitative estimate of drug-likeness (QED) is 0.587. The number of ether oxygens (including phenoxy) is 2. The molecule has 29 heavy (non-hydrogen) atoms. The van der Waals surface area contributed by atoms with E-state index >= 15 is 0 Å². The first-order valence-electron chi connectivity index (χ1n) is 9.79. The number of nitriles is 1. The summed E-state index contributed by atoms with van der Waals surface area (Å²) in [6.07, 6.45) is 1.67. The molecule has 1 unspecified atom stereocenters. The van der Waals surface area contributed by atoms with E-state index in [1.165, 1.54) is 0 Å². The minimum atomic E-state index is -0.397. The summed E-state index contributed by atoms with van der Waals surface area (Å²) in [5, 5.41) is 12.5. The molecule has 0 fully saturated rings. The summed E-state index contributed by atoms with van der Waals surface area (Å²) in [7, 11) is 0. The zero-order valence-corrected chi connectivity index (χ0v) is 17.6. The average Bonchev–Trinajstić information content (AvgIpc) is 3.24. The van der Waals surface area contributed by atoms with Crippen LogP contribution in [0.5, 0.6) is 11.5 Å². The SMILES string of the molecule is Cc1cc(/C=C(\C#N)C(=O)NC(C)c2ccc3c(c2)OCO3)c(C)n1CC(C)C. The van der Waals surface area contributed by atoms with Gasteiger partial charge < -0.3 is 19.4 Å². The van der Waals surface area contributed by atoms with Crippen molar-refractivity contribution in [2.45, 2.75) is 47.2 Å². The molecular weight excluding hydrogens is 366 g/mol. The molecule has 2 heterocycles. The molecule has 0 saturated heterocycles. The van der Waals surface area contributed by atoms with Crippen LogP contribution >= 0.6 is 0 Å². The fourth-order valence-electron chi connectivity index (χ4n) is 3.46. The lowest BCUT2D eigenvalue weighted by Crippen LogP contribution is -2.27. The van der Waals surface area contributed by atoms with Crippen molar-refractivity contribution in [3.05, 3.63) is 52.4 Å². The second kappa shape index (κ2) is 8.44. The molecule has 1 aliphatic heterocycles. The van der Waals surface area contributed by atoms with Crippen LogP contribution in [0, 0.1) is 31.1 Å². The molecule has 6 nitrogen and oxygen atoms in total. The maximum Gasteiger partial charge on any atom is 0.262 e. The van der Waals surface area contributed by atoms with E-state index in [2.05, 4.69) is 23.7 Å². The van der Waals surface area contributed by atoms with Crippen molar-refractivity contribution in [3.63, 3.8) is 0 Å². The number of aromatic nitrogens is 1. The lowest BCUT2D eigenvalue weighted by Gasteiger charge is -2.14. The van der Waals surface area contributed by atoms with Gasteiger partial charge in [0.15, 0.2) is 11.5 Å². The van der Waals surface area contributed by atoms with Crippen molar-refractivity contribution in [2.75, 3.05) is 6.79 Å². The fourth-order valence-corrected chi connectivity index (χ4v) is 3.46. The van der Waals surface area contributed by atoms with Gasteiger partial charge in [0.05, 0.1) is 6.04 Å². The lowest BCUT2D eigenvalue weighted by molar-refractivity contribution is -0.117. The van der Waals surface area contributed by atoms with Gasteiger partial charge in [-0.2, -0.15) is 5.26 Å². The van der Waals surface area contributed by atoms with Crippen molar-refractivity contribution in [1.82, 2.24) is 9.88 Å². The number of carbonyl (C=O) groups excluding carboxylic acids is 1. The number of amides is 1. The maximum atomic E-state index is 12.7. The van der Waals surface area contributed by atoms with Crippen LogP contribution in [-0.4, -0.2) is 17.3 Å². The van der Waals surface area contributed by atoms with Crippen molar-refractivity contribution >= 4 is 12.0 Å². The van der Waals surface area contributed by atoms with E-state index in [1.807, 2.05) is 51.1 Å². The zero-order chi connectivity index (χ0) is 21.1. The molecule has 152 valence electrons. The highest BCUT2D eigenvalue weighted by Gasteiger charge is 2.19. The Morgan fingerprint density at radius 2 is 1.97 bits per heavy atom. The highest BCUT2D eigenvalue weighted by Crippen LogP contribution is 2.34. The van der Waals surface area contributed by atoms with E-state index in [4.69, 9.17) is 9.47 Å². The first kappa shape index (κ1) is 20.5. The van der Waals surface area contributed by atoms with Gasteiger partial charge in [-0.25, -0.2) is 0 Å². The molecule has 2 aromatic rings. The number of nitrogens with one attached hydrogen (secondary N) is 1. The molecule has 6 heteroatoms. The zero-order valence-electron chi connectivity index (χ0n) is 17.6. The van der Waals surface area contributed by atoms with Crippen molar-refractivity contribution < 1.29 is 14.3 Å². The Hall–Kier alpha value is -3.20. The molecule has 3 rings (SSSR count). The molecule has 0 radical (unpaired) electrons. The van der Waals surface area contributed by atoms with Gasteiger partial charge in [0, 0.05) is 17.9 Å². The second-order valence-corrected chi connectivity index (χ2v) is 7.81. The first-order chi connectivity index (χ1) is 13.8. The Kier molecular flexibility index (Phi) is 5.97. The predicted molar refractivity (Wildman–Crippen MR) is 111 cm³/mol. The number of hydrogen-bond acceptors (Lipinski definition) is 4. The molecule has 0 spiro atoms. The highest BCUT2D eigenvalue weighted by molar-refractivity contribution is 6.02. The van der Waals surface area contributed by atoms with Crippen LogP contribution in [0.15, 0.2) is 29.8 Å². The number of nitrogens with zero attached hydrogens (tertiary/aromatic N) is 2. The molecule has 1 N–H and O–H groups in total. The molecule has 1 aromatic carbocycles. The monoisotopic (exact) mass is 393 g/mol. The Morgan fingerprint density at radius 3 is 2.66 bits per heavy atom. The molecule has 0 aliphatic carbocycles. The number of carbonyl (C=O) groups is 1. The number of rotatable bonds is 6. The molecule has 1 aliphatic rings. The van der Waals surface area contributed by atoms with Gasteiger partial charge in [0.25, 0.3) is 5.91 Å². The summed E-state index contributed by atoms with van der Waals surface area (Å²) in [4.78, 5) is 12.7. The number of fused-ring (bicyclic) bond motifs is 1. The van der Waals surface area contributed by atoms with E-state index < -0.39 is 5.91 Å². The lowest BCUT2D eigenvalue weighted by atomic mass is 10.1. The van der Waals surface area contributed by atoms with E-state index in [-0.39, 0.29) is 18.4 Å². The topological polar surface area (TPSA) is 76.3 Å². The molecular formula is C23H27N3O3. The van der Waals surface area contributed by atoms with Gasteiger partial charge in [0.2, 0.25) is 6.79 Å². The van der Waals surface area contributed by atoms with E-state index in [1.54, 1.807) is 6.08 Å². The van der Waals surface area contributed by atoms with Crippen LogP contribution in [-0.2, 0) is 11.3 Å². The fraction of sp³-hybridized carbons (Fsp3) is 0.391. The second-order valence-electron chi connectivity index (χ2n) is 7.81. The average molecular weight is 393 g/mol.